The van der Waals surface area contributed by atoms with Crippen LogP contribution in [0.1, 0.15) is 15.9 Å². The van der Waals surface area contributed by atoms with Crippen molar-refractivity contribution in [1.82, 2.24) is 0 Å². The standard InChI is InChI=1S/C9H9NO5/c1-15-9-3-6(4-11)8(10(13)14)2-7(9)5-12/h2-4,12H,5H2,1H3. The molecule has 1 rings (SSSR count). The number of hydrogen-bond donors (Lipinski definition) is 1. The normalized spacial score (nSPS) is 9.73. The molecule has 6 heteroatoms. The largest absolute Gasteiger partial charge is 0.496 e. The number of nitrogens with zero attached hydrogens (tertiary/aromatic N) is 1. The average Bonchev–Trinajstić information content (AvgIpc) is 2.26. The minimum Gasteiger partial charge on any atom is -0.496 e. The Morgan fingerprint density at radius 1 is 1.60 bits per heavy atom. The first-order valence-corrected chi connectivity index (χ1v) is 4.05. The van der Waals surface area contributed by atoms with Crippen LogP contribution >= 0.6 is 0 Å². The molecule has 0 heterocycles. The fraction of sp³-hybridized carbons (Fsp3) is 0.222. The number of nitro benzene ring substituents is 1. The Labute approximate surface area is 85.2 Å². The maximum atomic E-state index is 10.6. The van der Waals surface area contributed by atoms with Crippen LogP contribution in [-0.2, 0) is 6.61 Å². The quantitative estimate of drug-likeness (QED) is 0.454. The zero-order chi connectivity index (χ0) is 11.4. The molecule has 0 saturated carbocycles. The predicted octanol–water partition coefficient (Wildman–Crippen LogP) is 0.908. The van der Waals surface area contributed by atoms with Gasteiger partial charge in [-0.15, -0.1) is 0 Å². The second-order valence-corrected chi connectivity index (χ2v) is 2.76. The summed E-state index contributed by atoms with van der Waals surface area (Å²) in [4.78, 5) is 20.5. The summed E-state index contributed by atoms with van der Waals surface area (Å²) in [5.74, 6) is 0.255. The van der Waals surface area contributed by atoms with E-state index in [1.165, 1.54) is 13.2 Å². The second-order valence-electron chi connectivity index (χ2n) is 2.76. The summed E-state index contributed by atoms with van der Waals surface area (Å²) in [6.07, 6.45) is 0.377. The highest BCUT2D eigenvalue weighted by Gasteiger charge is 2.17. The van der Waals surface area contributed by atoms with E-state index in [0.29, 0.717) is 6.29 Å². The third kappa shape index (κ3) is 2.10. The predicted molar refractivity (Wildman–Crippen MR) is 51.0 cm³/mol. The molecule has 1 aromatic rings. The van der Waals surface area contributed by atoms with Crippen molar-refractivity contribution in [3.8, 4) is 5.75 Å². The van der Waals surface area contributed by atoms with Gasteiger partial charge in [-0.25, -0.2) is 0 Å². The van der Waals surface area contributed by atoms with Gasteiger partial charge in [0.05, 0.1) is 24.2 Å². The fourth-order valence-electron chi connectivity index (χ4n) is 1.19. The van der Waals surface area contributed by atoms with Crippen LogP contribution in [0.15, 0.2) is 12.1 Å². The summed E-state index contributed by atoms with van der Waals surface area (Å²) in [5.41, 5.74) is -0.140. The highest BCUT2D eigenvalue weighted by atomic mass is 16.6. The molecule has 0 unspecified atom stereocenters. The van der Waals surface area contributed by atoms with Crippen molar-refractivity contribution in [3.63, 3.8) is 0 Å². The first-order chi connectivity index (χ1) is 7.13. The first-order valence-electron chi connectivity index (χ1n) is 4.05. The Hall–Kier alpha value is -1.95. The summed E-state index contributed by atoms with van der Waals surface area (Å²) < 4.78 is 4.87. The van der Waals surface area contributed by atoms with E-state index >= 15 is 0 Å². The number of aliphatic hydroxyl groups excluding tert-OH is 1. The molecule has 1 N–H and O–H groups in total. The molecule has 0 aliphatic rings. The van der Waals surface area contributed by atoms with Crippen LogP contribution in [-0.4, -0.2) is 23.4 Å². The fourth-order valence-corrected chi connectivity index (χ4v) is 1.19. The van der Waals surface area contributed by atoms with Gasteiger partial charge in [0.1, 0.15) is 5.75 Å². The number of benzene rings is 1. The molecule has 80 valence electrons. The van der Waals surface area contributed by atoms with E-state index < -0.39 is 4.92 Å². The first kappa shape index (κ1) is 11.1. The van der Waals surface area contributed by atoms with Crippen LogP contribution in [0.5, 0.6) is 5.75 Å². The Kier molecular flexibility index (Phi) is 3.35. The number of ether oxygens (including phenoxy) is 1. The van der Waals surface area contributed by atoms with Crippen molar-refractivity contribution in [3.05, 3.63) is 33.4 Å². The zero-order valence-corrected chi connectivity index (χ0v) is 7.97. The molecule has 0 radical (unpaired) electrons. The SMILES string of the molecule is COc1cc(C=O)c([N+](=O)[O-])cc1CO. The summed E-state index contributed by atoms with van der Waals surface area (Å²) in [5, 5.41) is 19.5. The van der Waals surface area contributed by atoms with Crippen LogP contribution in [0.3, 0.4) is 0 Å². The van der Waals surface area contributed by atoms with Crippen molar-refractivity contribution >= 4 is 12.0 Å². The van der Waals surface area contributed by atoms with Gasteiger partial charge in [0, 0.05) is 11.6 Å². The van der Waals surface area contributed by atoms with Crippen molar-refractivity contribution in [1.29, 1.82) is 0 Å². The van der Waals surface area contributed by atoms with Crippen molar-refractivity contribution in [2.45, 2.75) is 6.61 Å². The van der Waals surface area contributed by atoms with Gasteiger partial charge in [0.25, 0.3) is 5.69 Å². The molecule has 0 aromatic heterocycles. The van der Waals surface area contributed by atoms with E-state index in [-0.39, 0.29) is 29.2 Å². The molecule has 6 nitrogen and oxygen atoms in total. The molecule has 0 bridgehead atoms. The monoisotopic (exact) mass is 211 g/mol. The third-order valence-electron chi connectivity index (χ3n) is 1.92. The van der Waals surface area contributed by atoms with Crippen LogP contribution in [0.4, 0.5) is 5.69 Å². The lowest BCUT2D eigenvalue weighted by atomic mass is 10.1. The Bertz CT molecular complexity index is 402. The Balaban J connectivity index is 3.40. The second kappa shape index (κ2) is 4.52. The van der Waals surface area contributed by atoms with E-state index in [1.807, 2.05) is 0 Å². The lowest BCUT2D eigenvalue weighted by Gasteiger charge is -2.06. The molecule has 1 aromatic carbocycles. The van der Waals surface area contributed by atoms with Crippen molar-refractivity contribution in [2.24, 2.45) is 0 Å². The van der Waals surface area contributed by atoms with Gasteiger partial charge >= 0.3 is 0 Å². The topological polar surface area (TPSA) is 89.7 Å². The number of nitro groups is 1. The van der Waals surface area contributed by atoms with Crippen LogP contribution in [0, 0.1) is 10.1 Å². The Morgan fingerprint density at radius 2 is 2.27 bits per heavy atom. The number of hydrogen-bond acceptors (Lipinski definition) is 5. The minimum atomic E-state index is -0.678. The molecule has 0 spiro atoms. The van der Waals surface area contributed by atoms with Gasteiger partial charge in [-0.1, -0.05) is 0 Å². The van der Waals surface area contributed by atoms with Crippen LogP contribution in [0.25, 0.3) is 0 Å². The molecule has 15 heavy (non-hydrogen) atoms. The summed E-state index contributed by atoms with van der Waals surface area (Å²) >= 11 is 0. The highest BCUT2D eigenvalue weighted by molar-refractivity contribution is 5.82. The van der Waals surface area contributed by atoms with E-state index in [4.69, 9.17) is 9.84 Å². The summed E-state index contributed by atoms with van der Waals surface area (Å²) in [7, 11) is 1.36. The summed E-state index contributed by atoms with van der Waals surface area (Å²) in [6, 6.07) is 2.36. The zero-order valence-electron chi connectivity index (χ0n) is 7.97. The van der Waals surface area contributed by atoms with Gasteiger partial charge in [0.15, 0.2) is 6.29 Å². The molecule has 0 aliphatic heterocycles. The van der Waals surface area contributed by atoms with E-state index in [0.717, 1.165) is 6.07 Å². The van der Waals surface area contributed by atoms with Gasteiger partial charge < -0.3 is 9.84 Å². The van der Waals surface area contributed by atoms with Crippen molar-refractivity contribution in [2.75, 3.05) is 7.11 Å². The van der Waals surface area contributed by atoms with Gasteiger partial charge in [-0.05, 0) is 6.07 Å². The molecular weight excluding hydrogens is 202 g/mol. The smallest absolute Gasteiger partial charge is 0.280 e. The lowest BCUT2D eigenvalue weighted by molar-refractivity contribution is -0.385. The number of carbonyl (C=O) groups is 1. The molecule has 0 aliphatic carbocycles. The number of methoxy groups -OCH3 is 1. The molecule has 0 atom stereocenters. The van der Waals surface area contributed by atoms with Gasteiger partial charge in [-0.3, -0.25) is 14.9 Å². The lowest BCUT2D eigenvalue weighted by Crippen LogP contribution is -1.99. The maximum absolute atomic E-state index is 10.6. The third-order valence-corrected chi connectivity index (χ3v) is 1.92. The van der Waals surface area contributed by atoms with Crippen molar-refractivity contribution < 1.29 is 19.6 Å². The molecule has 0 amide bonds. The van der Waals surface area contributed by atoms with Gasteiger partial charge in [0.2, 0.25) is 0 Å². The number of aldehydes is 1. The number of aliphatic hydroxyl groups is 1. The van der Waals surface area contributed by atoms with E-state index in [9.17, 15) is 14.9 Å². The Morgan fingerprint density at radius 3 is 2.67 bits per heavy atom. The number of rotatable bonds is 4. The number of carbonyl (C=O) groups excluding carboxylic acids is 1. The highest BCUT2D eigenvalue weighted by Crippen LogP contribution is 2.27. The molecular formula is C9H9NO5. The minimum absolute atomic E-state index is 0.0750. The molecule has 0 saturated heterocycles. The van der Waals surface area contributed by atoms with E-state index in [2.05, 4.69) is 0 Å². The maximum Gasteiger partial charge on any atom is 0.280 e. The average molecular weight is 211 g/mol. The molecule has 0 fully saturated rings. The van der Waals surface area contributed by atoms with Gasteiger partial charge in [-0.2, -0.15) is 0 Å². The van der Waals surface area contributed by atoms with E-state index in [1.54, 1.807) is 0 Å². The summed E-state index contributed by atoms with van der Waals surface area (Å²) in [6.45, 7) is -0.386. The van der Waals surface area contributed by atoms with Crippen LogP contribution in [0.2, 0.25) is 0 Å². The van der Waals surface area contributed by atoms with Crippen LogP contribution < -0.4 is 4.74 Å².